The van der Waals surface area contributed by atoms with E-state index in [1.54, 1.807) is 0 Å². The van der Waals surface area contributed by atoms with Crippen molar-refractivity contribution in [3.63, 3.8) is 0 Å². The Morgan fingerprint density at radius 2 is 2.10 bits per heavy atom. The quantitative estimate of drug-likeness (QED) is 0.905. The van der Waals surface area contributed by atoms with Crippen LogP contribution in [0, 0.1) is 19.7 Å². The highest BCUT2D eigenvalue weighted by atomic mass is 19.1. The third-order valence-electron chi connectivity index (χ3n) is 3.60. The van der Waals surface area contributed by atoms with Crippen LogP contribution in [-0.4, -0.2) is 11.0 Å². The molecule has 0 radical (unpaired) electrons. The van der Waals surface area contributed by atoms with E-state index >= 15 is 0 Å². The van der Waals surface area contributed by atoms with Crippen LogP contribution >= 0.6 is 0 Å². The summed E-state index contributed by atoms with van der Waals surface area (Å²) in [6.45, 7) is 4.58. The molecule has 0 bridgehead atoms. The van der Waals surface area contributed by atoms with Crippen molar-refractivity contribution in [1.29, 1.82) is 0 Å². The van der Waals surface area contributed by atoms with Gasteiger partial charge < -0.3 is 10.1 Å². The zero-order valence-corrected chi connectivity index (χ0v) is 12.3. The number of nitrogens with zero attached hydrogens (tertiary/aromatic N) is 1. The molecule has 4 heteroatoms. The van der Waals surface area contributed by atoms with Gasteiger partial charge in [0.05, 0.1) is 6.20 Å². The Morgan fingerprint density at radius 3 is 2.86 bits per heavy atom. The van der Waals surface area contributed by atoms with Crippen LogP contribution in [0.25, 0.3) is 0 Å². The van der Waals surface area contributed by atoms with Gasteiger partial charge in [-0.25, -0.2) is 9.37 Å². The van der Waals surface area contributed by atoms with Crippen LogP contribution in [0.3, 0.4) is 0 Å². The number of nitrogens with one attached hydrogen (secondary N) is 1. The van der Waals surface area contributed by atoms with E-state index in [1.165, 1.54) is 25.1 Å². The molecule has 0 saturated heterocycles. The van der Waals surface area contributed by atoms with Crippen LogP contribution < -0.4 is 10.1 Å². The lowest BCUT2D eigenvalue weighted by Gasteiger charge is -2.13. The molecule has 0 amide bonds. The van der Waals surface area contributed by atoms with Crippen LogP contribution in [0.15, 0.2) is 30.5 Å². The average Bonchev–Trinajstić information content (AvgIpc) is 3.27. The smallest absolute Gasteiger partial charge is 0.223 e. The SMILES string of the molecule is Cc1ccc(C)c(Oc2ncc(F)cc2CNC2CC2)c1. The minimum atomic E-state index is -0.337. The molecule has 1 aliphatic rings. The molecule has 3 rings (SSSR count). The van der Waals surface area contributed by atoms with E-state index in [1.807, 2.05) is 32.0 Å². The summed E-state index contributed by atoms with van der Waals surface area (Å²) in [6.07, 6.45) is 3.58. The Kier molecular flexibility index (Phi) is 3.88. The molecular weight excluding hydrogens is 267 g/mol. The highest BCUT2D eigenvalue weighted by Gasteiger charge is 2.21. The molecule has 1 heterocycles. The van der Waals surface area contributed by atoms with Crippen molar-refractivity contribution in [3.05, 3.63) is 53.0 Å². The summed E-state index contributed by atoms with van der Waals surface area (Å²) < 4.78 is 19.3. The second-order valence-electron chi connectivity index (χ2n) is 5.64. The molecule has 0 aliphatic heterocycles. The molecule has 2 aromatic rings. The highest BCUT2D eigenvalue weighted by molar-refractivity contribution is 5.40. The molecule has 110 valence electrons. The number of hydrogen-bond donors (Lipinski definition) is 1. The van der Waals surface area contributed by atoms with Gasteiger partial charge in [0.2, 0.25) is 5.88 Å². The number of hydrogen-bond acceptors (Lipinski definition) is 3. The standard InChI is InChI=1S/C17H19FN2O/c1-11-3-4-12(2)16(7-11)21-17-13(8-14(18)10-20-17)9-19-15-5-6-15/h3-4,7-8,10,15,19H,5-6,9H2,1-2H3. The van der Waals surface area contributed by atoms with Crippen molar-refractivity contribution in [2.45, 2.75) is 39.3 Å². The van der Waals surface area contributed by atoms with Crippen molar-refractivity contribution >= 4 is 0 Å². The van der Waals surface area contributed by atoms with Crippen molar-refractivity contribution in [1.82, 2.24) is 10.3 Å². The second kappa shape index (κ2) is 5.82. The van der Waals surface area contributed by atoms with Gasteiger partial charge in [-0.2, -0.15) is 0 Å². The minimum Gasteiger partial charge on any atom is -0.438 e. The maximum atomic E-state index is 13.4. The summed E-state index contributed by atoms with van der Waals surface area (Å²) in [6, 6.07) is 8.06. The largest absolute Gasteiger partial charge is 0.438 e. The lowest BCUT2D eigenvalue weighted by molar-refractivity contribution is 0.445. The minimum absolute atomic E-state index is 0.337. The van der Waals surface area contributed by atoms with E-state index in [9.17, 15) is 4.39 Å². The number of halogens is 1. The topological polar surface area (TPSA) is 34.1 Å². The van der Waals surface area contributed by atoms with Crippen molar-refractivity contribution in [2.24, 2.45) is 0 Å². The molecule has 1 aromatic heterocycles. The molecule has 1 saturated carbocycles. The third kappa shape index (κ3) is 3.58. The van der Waals surface area contributed by atoms with E-state index in [2.05, 4.69) is 10.3 Å². The first-order chi connectivity index (χ1) is 10.1. The maximum Gasteiger partial charge on any atom is 0.223 e. The Bertz CT molecular complexity index is 653. The summed E-state index contributed by atoms with van der Waals surface area (Å²) in [5, 5.41) is 3.37. The fourth-order valence-corrected chi connectivity index (χ4v) is 2.15. The van der Waals surface area contributed by atoms with Gasteiger partial charge in [0.1, 0.15) is 11.6 Å². The Balaban J connectivity index is 1.84. The second-order valence-corrected chi connectivity index (χ2v) is 5.64. The lowest BCUT2D eigenvalue weighted by Crippen LogP contribution is -2.16. The maximum absolute atomic E-state index is 13.4. The summed E-state index contributed by atoms with van der Waals surface area (Å²) >= 11 is 0. The molecular formula is C17H19FN2O. The zero-order valence-electron chi connectivity index (χ0n) is 12.3. The van der Waals surface area contributed by atoms with Crippen molar-refractivity contribution in [2.75, 3.05) is 0 Å². The summed E-state index contributed by atoms with van der Waals surface area (Å²) in [7, 11) is 0. The Labute approximate surface area is 124 Å². The first-order valence-corrected chi connectivity index (χ1v) is 7.25. The normalized spacial score (nSPS) is 14.2. The molecule has 0 atom stereocenters. The predicted octanol–water partition coefficient (Wildman–Crippen LogP) is 3.88. The Morgan fingerprint density at radius 1 is 1.29 bits per heavy atom. The molecule has 3 nitrogen and oxygen atoms in total. The van der Waals surface area contributed by atoms with Gasteiger partial charge in [0, 0.05) is 18.2 Å². The van der Waals surface area contributed by atoms with E-state index in [4.69, 9.17) is 4.74 Å². The molecule has 21 heavy (non-hydrogen) atoms. The van der Waals surface area contributed by atoms with E-state index in [0.29, 0.717) is 18.5 Å². The van der Waals surface area contributed by atoms with E-state index in [-0.39, 0.29) is 5.82 Å². The van der Waals surface area contributed by atoms with Gasteiger partial charge in [-0.3, -0.25) is 0 Å². The molecule has 1 aliphatic carbocycles. The number of pyridine rings is 1. The fourth-order valence-electron chi connectivity index (χ4n) is 2.15. The van der Waals surface area contributed by atoms with Crippen LogP contribution in [0.2, 0.25) is 0 Å². The van der Waals surface area contributed by atoms with Crippen LogP contribution in [-0.2, 0) is 6.54 Å². The fraction of sp³-hybridized carbons (Fsp3) is 0.353. The molecule has 1 fully saturated rings. The number of aromatic nitrogens is 1. The zero-order chi connectivity index (χ0) is 14.8. The van der Waals surface area contributed by atoms with Crippen LogP contribution in [0.5, 0.6) is 11.6 Å². The summed E-state index contributed by atoms with van der Waals surface area (Å²) in [5.74, 6) is 0.899. The third-order valence-corrected chi connectivity index (χ3v) is 3.60. The van der Waals surface area contributed by atoms with E-state index in [0.717, 1.165) is 22.4 Å². The first-order valence-electron chi connectivity index (χ1n) is 7.25. The molecule has 1 aromatic carbocycles. The van der Waals surface area contributed by atoms with Crippen molar-refractivity contribution < 1.29 is 9.13 Å². The van der Waals surface area contributed by atoms with Gasteiger partial charge >= 0.3 is 0 Å². The van der Waals surface area contributed by atoms with Crippen molar-refractivity contribution in [3.8, 4) is 11.6 Å². The molecule has 1 N–H and O–H groups in total. The first kappa shape index (κ1) is 14.0. The molecule has 0 unspecified atom stereocenters. The van der Waals surface area contributed by atoms with Gasteiger partial charge in [0.25, 0.3) is 0 Å². The van der Waals surface area contributed by atoms with Crippen LogP contribution in [0.4, 0.5) is 4.39 Å². The number of benzene rings is 1. The summed E-state index contributed by atoms with van der Waals surface area (Å²) in [5.41, 5.74) is 2.91. The van der Waals surface area contributed by atoms with Gasteiger partial charge in [-0.15, -0.1) is 0 Å². The number of rotatable bonds is 5. The van der Waals surface area contributed by atoms with Gasteiger partial charge in [0.15, 0.2) is 0 Å². The van der Waals surface area contributed by atoms with Gasteiger partial charge in [-0.1, -0.05) is 12.1 Å². The lowest BCUT2D eigenvalue weighted by atomic mass is 10.1. The average molecular weight is 286 g/mol. The monoisotopic (exact) mass is 286 g/mol. The highest BCUT2D eigenvalue weighted by Crippen LogP contribution is 2.28. The predicted molar refractivity (Wildman–Crippen MR) is 80.0 cm³/mol. The Hall–Kier alpha value is -1.94. The van der Waals surface area contributed by atoms with Gasteiger partial charge in [-0.05, 0) is 49.9 Å². The molecule has 0 spiro atoms. The number of ether oxygens (including phenoxy) is 1. The summed E-state index contributed by atoms with van der Waals surface area (Å²) in [4.78, 5) is 4.11. The van der Waals surface area contributed by atoms with E-state index < -0.39 is 0 Å². The number of aryl methyl sites for hydroxylation is 2. The van der Waals surface area contributed by atoms with Crippen LogP contribution in [0.1, 0.15) is 29.5 Å².